The normalized spacial score (nSPS) is 11.0. The highest BCUT2D eigenvalue weighted by Gasteiger charge is 2.12. The van der Waals surface area contributed by atoms with Crippen LogP contribution in [-0.2, 0) is 14.3 Å². The first-order chi connectivity index (χ1) is 4.04. The van der Waals surface area contributed by atoms with Crippen LogP contribution >= 0.6 is 12.4 Å². The lowest BCUT2D eigenvalue weighted by molar-refractivity contribution is -0.161. The average Bonchev–Trinajstić information content (AvgIpc) is 1.63. The maximum atomic E-state index is 10.1. The van der Waals surface area contributed by atoms with Gasteiger partial charge in [0, 0.05) is 6.92 Å². The van der Waals surface area contributed by atoms with Gasteiger partial charge in [-0.15, -0.1) is 12.4 Å². The molecule has 1 N–H and O–H groups in total. The zero-order valence-corrected chi connectivity index (χ0v) is 6.47. The number of carboxylic acid groups (broad SMARTS) is 1. The maximum absolute atomic E-state index is 10.1. The third kappa shape index (κ3) is 5.37. The van der Waals surface area contributed by atoms with E-state index < -0.39 is 18.0 Å². The summed E-state index contributed by atoms with van der Waals surface area (Å²) in [6.07, 6.45) is -1.04. The molecule has 0 saturated heterocycles. The van der Waals surface area contributed by atoms with Gasteiger partial charge in [0.05, 0.1) is 0 Å². The van der Waals surface area contributed by atoms with Crippen LogP contribution in [0.2, 0.25) is 0 Å². The number of hydrogen-bond acceptors (Lipinski definition) is 3. The lowest BCUT2D eigenvalue weighted by Gasteiger charge is -2.04. The van der Waals surface area contributed by atoms with Gasteiger partial charge in [-0.05, 0) is 6.92 Å². The van der Waals surface area contributed by atoms with Crippen LogP contribution in [0.3, 0.4) is 0 Å². The molecule has 1 atom stereocenters. The van der Waals surface area contributed by atoms with E-state index in [-0.39, 0.29) is 12.4 Å². The summed E-state index contributed by atoms with van der Waals surface area (Å²) in [5, 5.41) is 8.15. The third-order valence-corrected chi connectivity index (χ3v) is 0.691. The predicted octanol–water partition coefficient (Wildman–Crippen LogP) is 0.444. The lowest BCUT2D eigenvalue weighted by Crippen LogP contribution is -2.21. The van der Waals surface area contributed by atoms with Gasteiger partial charge < -0.3 is 9.84 Å². The van der Waals surface area contributed by atoms with Gasteiger partial charge in [0.25, 0.3) is 0 Å². The van der Waals surface area contributed by atoms with Crippen LogP contribution in [0.25, 0.3) is 0 Å². The second-order valence-corrected chi connectivity index (χ2v) is 1.59. The minimum atomic E-state index is -1.13. The Bertz CT molecular complexity index is 134. The lowest BCUT2D eigenvalue weighted by atomic mass is 10.4. The van der Waals surface area contributed by atoms with Gasteiger partial charge in [-0.25, -0.2) is 4.79 Å². The van der Waals surface area contributed by atoms with Gasteiger partial charge in [0.2, 0.25) is 0 Å². The number of halogens is 1. The summed E-state index contributed by atoms with van der Waals surface area (Å²) in [5.41, 5.74) is 0. The molecular formula is C5H9ClO4. The first kappa shape index (κ1) is 12.0. The van der Waals surface area contributed by atoms with Crippen molar-refractivity contribution < 1.29 is 19.4 Å². The van der Waals surface area contributed by atoms with Crippen LogP contribution < -0.4 is 0 Å². The van der Waals surface area contributed by atoms with Crippen molar-refractivity contribution in [1.29, 1.82) is 0 Å². The van der Waals surface area contributed by atoms with Crippen LogP contribution in [0.15, 0.2) is 0 Å². The Hall–Kier alpha value is -0.770. The molecule has 0 aliphatic carbocycles. The Balaban J connectivity index is 0. The van der Waals surface area contributed by atoms with Crippen molar-refractivity contribution in [3.63, 3.8) is 0 Å². The fraction of sp³-hybridized carbons (Fsp3) is 0.600. The Morgan fingerprint density at radius 2 is 1.90 bits per heavy atom. The molecule has 4 nitrogen and oxygen atoms in total. The zero-order chi connectivity index (χ0) is 7.44. The van der Waals surface area contributed by atoms with Crippen LogP contribution in [0.4, 0.5) is 0 Å². The van der Waals surface area contributed by atoms with Gasteiger partial charge in [-0.3, -0.25) is 4.79 Å². The Kier molecular flexibility index (Phi) is 6.04. The van der Waals surface area contributed by atoms with E-state index >= 15 is 0 Å². The molecule has 5 heteroatoms. The van der Waals surface area contributed by atoms with E-state index in [4.69, 9.17) is 5.11 Å². The largest absolute Gasteiger partial charge is 0.479 e. The smallest absolute Gasteiger partial charge is 0.344 e. The van der Waals surface area contributed by atoms with Crippen LogP contribution in [0, 0.1) is 0 Å². The van der Waals surface area contributed by atoms with E-state index in [1.807, 2.05) is 0 Å². The molecule has 0 aliphatic heterocycles. The molecule has 0 aliphatic rings. The minimum Gasteiger partial charge on any atom is -0.479 e. The summed E-state index contributed by atoms with van der Waals surface area (Å²) in [6.45, 7) is 2.46. The van der Waals surface area contributed by atoms with Crippen LogP contribution in [0.5, 0.6) is 0 Å². The summed E-state index contributed by atoms with van der Waals surface area (Å²) in [5.74, 6) is -1.71. The SMILES string of the molecule is CC(=O)O[C@@H](C)C(=O)O.Cl. The second kappa shape index (κ2) is 5.05. The van der Waals surface area contributed by atoms with Crippen molar-refractivity contribution in [2.75, 3.05) is 0 Å². The van der Waals surface area contributed by atoms with Crippen molar-refractivity contribution in [3.05, 3.63) is 0 Å². The Morgan fingerprint density at radius 3 is 2.00 bits per heavy atom. The monoisotopic (exact) mass is 168 g/mol. The molecule has 0 aromatic rings. The molecule has 0 radical (unpaired) electrons. The topological polar surface area (TPSA) is 63.6 Å². The van der Waals surface area contributed by atoms with Crippen molar-refractivity contribution in [2.45, 2.75) is 20.0 Å². The molecule has 0 unspecified atom stereocenters. The van der Waals surface area contributed by atoms with Crippen molar-refractivity contribution in [1.82, 2.24) is 0 Å². The van der Waals surface area contributed by atoms with Crippen molar-refractivity contribution >= 4 is 24.3 Å². The minimum absolute atomic E-state index is 0. The number of aliphatic carboxylic acids is 1. The summed E-state index contributed by atoms with van der Waals surface area (Å²) < 4.78 is 4.27. The van der Waals surface area contributed by atoms with E-state index in [2.05, 4.69) is 4.74 Å². The molecule has 0 aromatic heterocycles. The fourth-order valence-electron chi connectivity index (χ4n) is 0.299. The number of carbonyl (C=O) groups is 2. The third-order valence-electron chi connectivity index (χ3n) is 0.691. The molecule has 0 spiro atoms. The number of esters is 1. The first-order valence-electron chi connectivity index (χ1n) is 2.44. The molecule has 0 amide bonds. The van der Waals surface area contributed by atoms with E-state index in [1.165, 1.54) is 13.8 Å². The number of carbonyl (C=O) groups excluding carboxylic acids is 1. The molecule has 60 valence electrons. The Morgan fingerprint density at radius 1 is 1.50 bits per heavy atom. The second-order valence-electron chi connectivity index (χ2n) is 1.59. The number of hydrogen-bond donors (Lipinski definition) is 1. The number of carboxylic acids is 1. The molecular weight excluding hydrogens is 160 g/mol. The van der Waals surface area contributed by atoms with E-state index in [0.29, 0.717) is 0 Å². The van der Waals surface area contributed by atoms with Gasteiger partial charge >= 0.3 is 11.9 Å². The van der Waals surface area contributed by atoms with Gasteiger partial charge in [-0.2, -0.15) is 0 Å². The predicted molar refractivity (Wildman–Crippen MR) is 36.1 cm³/mol. The quantitative estimate of drug-likeness (QED) is 0.608. The highest BCUT2D eigenvalue weighted by atomic mass is 35.5. The maximum Gasteiger partial charge on any atom is 0.344 e. The highest BCUT2D eigenvalue weighted by molar-refractivity contribution is 5.85. The first-order valence-corrected chi connectivity index (χ1v) is 2.44. The fourth-order valence-corrected chi connectivity index (χ4v) is 0.299. The molecule has 0 saturated carbocycles. The molecule has 0 aromatic carbocycles. The molecule has 0 bridgehead atoms. The number of rotatable bonds is 2. The zero-order valence-electron chi connectivity index (χ0n) is 5.66. The van der Waals surface area contributed by atoms with Crippen molar-refractivity contribution in [3.8, 4) is 0 Å². The standard InChI is InChI=1S/C5H8O4.ClH/c1-3(5(7)8)9-4(2)6;/h3H,1-2H3,(H,7,8);1H/t3-;/m0./s1. The van der Waals surface area contributed by atoms with Crippen LogP contribution in [0.1, 0.15) is 13.8 Å². The summed E-state index contributed by atoms with van der Waals surface area (Å²) in [7, 11) is 0. The summed E-state index contributed by atoms with van der Waals surface area (Å²) in [4.78, 5) is 20.0. The van der Waals surface area contributed by atoms with E-state index in [9.17, 15) is 9.59 Å². The molecule has 0 heterocycles. The van der Waals surface area contributed by atoms with E-state index in [1.54, 1.807) is 0 Å². The van der Waals surface area contributed by atoms with Gasteiger partial charge in [0.1, 0.15) is 0 Å². The molecule has 0 rings (SSSR count). The van der Waals surface area contributed by atoms with Crippen LogP contribution in [-0.4, -0.2) is 23.1 Å². The van der Waals surface area contributed by atoms with Gasteiger partial charge in [0.15, 0.2) is 6.10 Å². The molecule has 10 heavy (non-hydrogen) atoms. The highest BCUT2D eigenvalue weighted by Crippen LogP contribution is 1.89. The summed E-state index contributed by atoms with van der Waals surface area (Å²) >= 11 is 0. The number of ether oxygens (including phenoxy) is 1. The Labute approximate surface area is 64.6 Å². The summed E-state index contributed by atoms with van der Waals surface area (Å²) in [6, 6.07) is 0. The average molecular weight is 169 g/mol. The van der Waals surface area contributed by atoms with Crippen molar-refractivity contribution in [2.24, 2.45) is 0 Å². The van der Waals surface area contributed by atoms with E-state index in [0.717, 1.165) is 0 Å². The van der Waals surface area contributed by atoms with Gasteiger partial charge in [-0.1, -0.05) is 0 Å². The molecule has 0 fully saturated rings.